The van der Waals surface area contributed by atoms with E-state index in [-0.39, 0.29) is 36.3 Å². The van der Waals surface area contributed by atoms with E-state index in [9.17, 15) is 4.39 Å². The van der Waals surface area contributed by atoms with Gasteiger partial charge in [-0.15, -0.1) is 24.0 Å². The molecule has 0 aliphatic carbocycles. The van der Waals surface area contributed by atoms with E-state index in [1.165, 1.54) is 18.2 Å². The van der Waals surface area contributed by atoms with Gasteiger partial charge in [0.15, 0.2) is 5.96 Å². The fourth-order valence-electron chi connectivity index (χ4n) is 2.71. The average molecular weight is 512 g/mol. The van der Waals surface area contributed by atoms with Gasteiger partial charge in [-0.3, -0.25) is 0 Å². The maximum absolute atomic E-state index is 14.0. The molecule has 0 saturated heterocycles. The third kappa shape index (κ3) is 6.78. The highest BCUT2D eigenvalue weighted by atomic mass is 127. The summed E-state index contributed by atoms with van der Waals surface area (Å²) in [5.41, 5.74) is 1.76. The Bertz CT molecular complexity index is 883. The van der Waals surface area contributed by atoms with Crippen LogP contribution in [0.2, 0.25) is 0 Å². The number of ether oxygens (including phenoxy) is 2. The number of methoxy groups -OCH3 is 2. The molecule has 0 aliphatic heterocycles. The molecule has 0 aliphatic rings. The molecule has 8 heteroatoms. The fraction of sp³-hybridized carbons (Fsp3) is 0.333. The predicted molar refractivity (Wildman–Crippen MR) is 122 cm³/mol. The fourth-order valence-corrected chi connectivity index (χ4v) is 2.71. The SMILES string of the molecule is CCNC(=NCc1cc(C#N)ccc1F)N(C)Cc1ccc(OC)cc1OC.I. The minimum Gasteiger partial charge on any atom is -0.497 e. The highest BCUT2D eigenvalue weighted by Crippen LogP contribution is 2.25. The monoisotopic (exact) mass is 512 g/mol. The van der Waals surface area contributed by atoms with Gasteiger partial charge < -0.3 is 19.7 Å². The van der Waals surface area contributed by atoms with Crippen molar-refractivity contribution >= 4 is 29.9 Å². The Morgan fingerprint density at radius 3 is 2.55 bits per heavy atom. The van der Waals surface area contributed by atoms with Crippen molar-refractivity contribution in [3.8, 4) is 17.6 Å². The minimum absolute atomic E-state index is 0. The minimum atomic E-state index is -0.377. The van der Waals surface area contributed by atoms with Crippen LogP contribution >= 0.6 is 24.0 Å². The quantitative estimate of drug-likeness (QED) is 0.346. The molecule has 0 aromatic heterocycles. The van der Waals surface area contributed by atoms with Crippen LogP contribution in [0.5, 0.6) is 11.5 Å². The third-order valence-corrected chi connectivity index (χ3v) is 4.17. The van der Waals surface area contributed by atoms with Crippen LogP contribution in [-0.2, 0) is 13.1 Å². The molecule has 29 heavy (non-hydrogen) atoms. The maximum atomic E-state index is 14.0. The van der Waals surface area contributed by atoms with E-state index < -0.39 is 0 Å². The van der Waals surface area contributed by atoms with Gasteiger partial charge in [0.25, 0.3) is 0 Å². The van der Waals surface area contributed by atoms with Crippen molar-refractivity contribution in [2.24, 2.45) is 4.99 Å². The summed E-state index contributed by atoms with van der Waals surface area (Å²) >= 11 is 0. The van der Waals surface area contributed by atoms with E-state index in [2.05, 4.69) is 10.3 Å². The summed E-state index contributed by atoms with van der Waals surface area (Å²) in [7, 11) is 5.12. The number of benzene rings is 2. The molecular formula is C21H26FIN4O2. The summed E-state index contributed by atoms with van der Waals surface area (Å²) < 4.78 is 24.7. The molecule has 1 N–H and O–H groups in total. The highest BCUT2D eigenvalue weighted by molar-refractivity contribution is 14.0. The van der Waals surface area contributed by atoms with Gasteiger partial charge in [0.1, 0.15) is 17.3 Å². The molecule has 0 unspecified atom stereocenters. The Labute approximate surface area is 188 Å². The van der Waals surface area contributed by atoms with Crippen LogP contribution in [0.3, 0.4) is 0 Å². The number of guanidine groups is 1. The molecule has 0 atom stereocenters. The Hall–Kier alpha value is -2.54. The van der Waals surface area contributed by atoms with E-state index in [1.807, 2.05) is 43.1 Å². The maximum Gasteiger partial charge on any atom is 0.194 e. The Morgan fingerprint density at radius 2 is 1.93 bits per heavy atom. The number of nitriles is 1. The summed E-state index contributed by atoms with van der Waals surface area (Å²) in [6.45, 7) is 3.31. The first-order valence-electron chi connectivity index (χ1n) is 8.91. The summed E-state index contributed by atoms with van der Waals surface area (Å²) in [4.78, 5) is 6.45. The Kier molecular flexibility index (Phi) is 10.2. The van der Waals surface area contributed by atoms with Crippen LogP contribution in [0, 0.1) is 17.1 Å². The zero-order valence-electron chi connectivity index (χ0n) is 17.0. The lowest BCUT2D eigenvalue weighted by Gasteiger charge is -2.23. The van der Waals surface area contributed by atoms with Gasteiger partial charge in [-0.1, -0.05) is 0 Å². The first-order valence-corrected chi connectivity index (χ1v) is 8.91. The summed E-state index contributed by atoms with van der Waals surface area (Å²) in [6, 6.07) is 11.9. The summed E-state index contributed by atoms with van der Waals surface area (Å²) in [5.74, 6) is 1.69. The van der Waals surface area contributed by atoms with Crippen LogP contribution in [0.4, 0.5) is 4.39 Å². The van der Waals surface area contributed by atoms with Gasteiger partial charge in [0, 0.05) is 37.3 Å². The van der Waals surface area contributed by atoms with Gasteiger partial charge in [0.05, 0.1) is 32.4 Å². The van der Waals surface area contributed by atoms with Crippen molar-refractivity contribution in [3.05, 3.63) is 58.9 Å². The lowest BCUT2D eigenvalue weighted by Crippen LogP contribution is -2.38. The molecule has 6 nitrogen and oxygen atoms in total. The van der Waals surface area contributed by atoms with Crippen LogP contribution in [0.15, 0.2) is 41.4 Å². The lowest BCUT2D eigenvalue weighted by molar-refractivity contribution is 0.382. The second kappa shape index (κ2) is 12.1. The van der Waals surface area contributed by atoms with Gasteiger partial charge in [-0.2, -0.15) is 5.26 Å². The molecule has 0 bridgehead atoms. The summed E-state index contributed by atoms with van der Waals surface area (Å²) in [6.07, 6.45) is 0. The van der Waals surface area contributed by atoms with E-state index in [1.54, 1.807) is 14.2 Å². The van der Waals surface area contributed by atoms with Crippen LogP contribution in [-0.4, -0.2) is 38.7 Å². The standard InChI is InChI=1S/C21H25FN4O2.HI/c1-5-24-21(25-13-17-10-15(12-23)6-9-19(17)22)26(2)14-16-7-8-18(27-3)11-20(16)28-4;/h6-11H,5,13-14H2,1-4H3,(H,24,25);1H. The van der Waals surface area contributed by atoms with Crippen molar-refractivity contribution in [3.63, 3.8) is 0 Å². The molecule has 0 heterocycles. The number of halogens is 2. The molecule has 0 spiro atoms. The van der Waals surface area contributed by atoms with Gasteiger partial charge in [-0.25, -0.2) is 9.38 Å². The van der Waals surface area contributed by atoms with E-state index in [0.717, 1.165) is 17.1 Å². The van der Waals surface area contributed by atoms with E-state index in [4.69, 9.17) is 14.7 Å². The molecule has 2 aromatic rings. The largest absolute Gasteiger partial charge is 0.497 e. The van der Waals surface area contributed by atoms with Crippen molar-refractivity contribution < 1.29 is 13.9 Å². The Balaban J connectivity index is 0.00000420. The van der Waals surface area contributed by atoms with Crippen LogP contribution in [0.1, 0.15) is 23.6 Å². The number of hydrogen-bond acceptors (Lipinski definition) is 4. The normalized spacial score (nSPS) is 10.6. The zero-order chi connectivity index (χ0) is 20.5. The number of rotatable bonds is 7. The Morgan fingerprint density at radius 1 is 1.17 bits per heavy atom. The first-order chi connectivity index (χ1) is 13.5. The van der Waals surface area contributed by atoms with Crippen LogP contribution in [0.25, 0.3) is 0 Å². The van der Waals surface area contributed by atoms with Crippen molar-refractivity contribution in [2.75, 3.05) is 27.8 Å². The molecule has 0 radical (unpaired) electrons. The van der Waals surface area contributed by atoms with Gasteiger partial charge in [0.2, 0.25) is 0 Å². The third-order valence-electron chi connectivity index (χ3n) is 4.17. The van der Waals surface area contributed by atoms with Gasteiger partial charge >= 0.3 is 0 Å². The number of aliphatic imine (C=N–C) groups is 1. The average Bonchev–Trinajstić information content (AvgIpc) is 2.72. The van der Waals surface area contributed by atoms with Gasteiger partial charge in [-0.05, 0) is 37.3 Å². The summed E-state index contributed by atoms with van der Waals surface area (Å²) in [5, 5.41) is 12.2. The predicted octanol–water partition coefficient (Wildman–Crippen LogP) is 3.93. The van der Waals surface area contributed by atoms with Crippen molar-refractivity contribution in [1.82, 2.24) is 10.2 Å². The zero-order valence-corrected chi connectivity index (χ0v) is 19.4. The molecule has 0 fully saturated rings. The smallest absolute Gasteiger partial charge is 0.194 e. The number of nitrogens with one attached hydrogen (secondary N) is 1. The highest BCUT2D eigenvalue weighted by Gasteiger charge is 2.12. The first kappa shape index (κ1) is 24.5. The number of nitrogens with zero attached hydrogens (tertiary/aromatic N) is 3. The van der Waals surface area contributed by atoms with E-state index >= 15 is 0 Å². The second-order valence-corrected chi connectivity index (χ2v) is 6.12. The molecule has 0 saturated carbocycles. The molecular weight excluding hydrogens is 486 g/mol. The van der Waals surface area contributed by atoms with E-state index in [0.29, 0.717) is 30.2 Å². The molecule has 2 aromatic carbocycles. The second-order valence-electron chi connectivity index (χ2n) is 6.12. The topological polar surface area (TPSA) is 69.9 Å². The van der Waals surface area contributed by atoms with Crippen molar-refractivity contribution in [2.45, 2.75) is 20.0 Å². The number of hydrogen-bond donors (Lipinski definition) is 1. The molecule has 0 amide bonds. The van der Waals surface area contributed by atoms with Crippen molar-refractivity contribution in [1.29, 1.82) is 5.26 Å². The molecule has 2 rings (SSSR count). The van der Waals surface area contributed by atoms with Crippen LogP contribution < -0.4 is 14.8 Å². The molecule has 156 valence electrons. The lowest BCUT2D eigenvalue weighted by atomic mass is 10.1.